The molecule has 4 aromatic carbocycles. The second kappa shape index (κ2) is 10.5. The van der Waals surface area contributed by atoms with Gasteiger partial charge in [-0.3, -0.25) is 9.36 Å². The summed E-state index contributed by atoms with van der Waals surface area (Å²) in [7, 11) is 0. The van der Waals surface area contributed by atoms with E-state index in [0.29, 0.717) is 11.1 Å². The Morgan fingerprint density at radius 3 is 2.45 bits per heavy atom. The predicted molar refractivity (Wildman–Crippen MR) is 164 cm³/mol. The molecule has 0 amide bonds. The Bertz CT molecular complexity index is 1920. The lowest BCUT2D eigenvalue weighted by Gasteiger charge is -2.30. The van der Waals surface area contributed by atoms with Crippen LogP contribution in [-0.2, 0) is 13.0 Å². The monoisotopic (exact) mass is 604 g/mol. The van der Waals surface area contributed by atoms with Gasteiger partial charge in [-0.05, 0) is 71.0 Å². The molecule has 2 heterocycles. The van der Waals surface area contributed by atoms with Crippen LogP contribution in [0.4, 0.5) is 0 Å². The van der Waals surface area contributed by atoms with E-state index >= 15 is 0 Å². The van der Waals surface area contributed by atoms with Gasteiger partial charge in [0.1, 0.15) is 12.4 Å². The SMILES string of the molecule is O=c1/c(=C/c2ccc(OCc3ccccc3)cc2)sc2n1[C@@H](c1ccc(Br)cc1)C1=C(N=2)c2ccccc2CC1. The third-order valence-electron chi connectivity index (χ3n) is 7.48. The molecule has 0 saturated carbocycles. The normalized spacial score (nSPS) is 16.1. The first-order chi connectivity index (χ1) is 19.6. The van der Waals surface area contributed by atoms with Crippen molar-refractivity contribution in [1.29, 1.82) is 0 Å². The van der Waals surface area contributed by atoms with Crippen molar-refractivity contribution < 1.29 is 4.74 Å². The topological polar surface area (TPSA) is 43.6 Å². The maximum atomic E-state index is 13.9. The number of halogens is 1. The highest BCUT2D eigenvalue weighted by Crippen LogP contribution is 2.41. The summed E-state index contributed by atoms with van der Waals surface area (Å²) in [5.41, 5.74) is 7.87. The van der Waals surface area contributed by atoms with Crippen molar-refractivity contribution in [1.82, 2.24) is 4.57 Å². The van der Waals surface area contributed by atoms with Gasteiger partial charge in [0.05, 0.1) is 16.3 Å². The summed E-state index contributed by atoms with van der Waals surface area (Å²) in [6, 6.07) is 34.6. The van der Waals surface area contributed by atoms with Crippen LogP contribution in [0.5, 0.6) is 5.75 Å². The summed E-state index contributed by atoms with van der Waals surface area (Å²) >= 11 is 5.02. The van der Waals surface area contributed by atoms with Crippen molar-refractivity contribution in [3.63, 3.8) is 0 Å². The lowest BCUT2D eigenvalue weighted by molar-refractivity contribution is 0.306. The van der Waals surface area contributed by atoms with E-state index in [4.69, 9.17) is 9.73 Å². The highest BCUT2D eigenvalue weighted by molar-refractivity contribution is 9.10. The minimum atomic E-state index is -0.177. The molecule has 6 heteroatoms. The van der Waals surface area contributed by atoms with Crippen LogP contribution >= 0.6 is 27.3 Å². The van der Waals surface area contributed by atoms with E-state index in [1.807, 2.05) is 77.4 Å². The van der Waals surface area contributed by atoms with Gasteiger partial charge in [-0.1, -0.05) is 106 Å². The summed E-state index contributed by atoms with van der Waals surface area (Å²) in [6.45, 7) is 0.517. The molecule has 5 aromatic rings. The number of aryl methyl sites for hydroxylation is 1. The number of fused-ring (bicyclic) bond motifs is 3. The zero-order chi connectivity index (χ0) is 27.1. The van der Waals surface area contributed by atoms with Crippen LogP contribution in [0.25, 0.3) is 11.8 Å². The number of aromatic nitrogens is 1. The Morgan fingerprint density at radius 1 is 0.900 bits per heavy atom. The van der Waals surface area contributed by atoms with Gasteiger partial charge < -0.3 is 4.74 Å². The molecule has 1 atom stereocenters. The number of rotatable bonds is 5. The number of hydrogen-bond donors (Lipinski definition) is 0. The Balaban J connectivity index is 1.29. The van der Waals surface area contributed by atoms with E-state index in [-0.39, 0.29) is 11.6 Å². The van der Waals surface area contributed by atoms with Crippen molar-refractivity contribution in [2.45, 2.75) is 25.5 Å². The van der Waals surface area contributed by atoms with Crippen LogP contribution in [0.1, 0.15) is 40.3 Å². The van der Waals surface area contributed by atoms with E-state index in [1.165, 1.54) is 28.0 Å². The summed E-state index contributed by atoms with van der Waals surface area (Å²) in [5, 5.41) is 0. The van der Waals surface area contributed by atoms with Gasteiger partial charge in [0.25, 0.3) is 5.56 Å². The molecule has 0 spiro atoms. The summed E-state index contributed by atoms with van der Waals surface area (Å²) < 4.78 is 9.52. The first kappa shape index (κ1) is 25.0. The van der Waals surface area contributed by atoms with E-state index in [1.54, 1.807) is 0 Å². The average molecular weight is 606 g/mol. The van der Waals surface area contributed by atoms with Crippen molar-refractivity contribution in [2.24, 2.45) is 4.99 Å². The standard InChI is InChI=1S/C34H25BrN2O2S/c35-26-15-12-25(13-16-26)32-29-19-14-24-8-4-5-9-28(24)31(29)36-34-37(32)33(38)30(40-34)20-22-10-17-27(18-11-22)39-21-23-6-2-1-3-7-23/h1-13,15-18,20,32H,14,19,21H2/b30-20-/t32-/m0/s1. The zero-order valence-electron chi connectivity index (χ0n) is 21.6. The van der Waals surface area contributed by atoms with Crippen LogP contribution in [0, 0.1) is 0 Å². The molecule has 1 aromatic heterocycles. The Labute approximate surface area is 244 Å². The zero-order valence-corrected chi connectivity index (χ0v) is 24.0. The van der Waals surface area contributed by atoms with Gasteiger partial charge in [-0.15, -0.1) is 0 Å². The largest absolute Gasteiger partial charge is 0.489 e. The van der Waals surface area contributed by atoms with Crippen LogP contribution in [0.15, 0.2) is 123 Å². The number of ether oxygens (including phenoxy) is 1. The van der Waals surface area contributed by atoms with Crippen molar-refractivity contribution in [3.05, 3.63) is 161 Å². The maximum absolute atomic E-state index is 13.9. The first-order valence-electron chi connectivity index (χ1n) is 13.3. The minimum absolute atomic E-state index is 0.00789. The third kappa shape index (κ3) is 4.67. The lowest BCUT2D eigenvalue weighted by Crippen LogP contribution is -2.38. The molecule has 0 unspecified atom stereocenters. The minimum Gasteiger partial charge on any atom is -0.489 e. The molecule has 0 saturated heterocycles. The summed E-state index contributed by atoms with van der Waals surface area (Å²) in [5.74, 6) is 0.795. The smallest absolute Gasteiger partial charge is 0.271 e. The second-order valence-electron chi connectivity index (χ2n) is 10.0. The quantitative estimate of drug-likeness (QED) is 0.225. The molecule has 7 rings (SSSR count). The van der Waals surface area contributed by atoms with Crippen LogP contribution in [0.3, 0.4) is 0 Å². The molecule has 40 heavy (non-hydrogen) atoms. The molecule has 0 radical (unpaired) electrons. The fraction of sp³-hybridized carbons (Fsp3) is 0.118. The number of thiazole rings is 1. The fourth-order valence-electron chi connectivity index (χ4n) is 5.52. The molecule has 196 valence electrons. The molecule has 0 fully saturated rings. The molecular formula is C34H25BrN2O2S. The van der Waals surface area contributed by atoms with Gasteiger partial charge in [-0.25, -0.2) is 4.99 Å². The first-order valence-corrected chi connectivity index (χ1v) is 14.9. The summed E-state index contributed by atoms with van der Waals surface area (Å²) in [6.07, 6.45) is 3.78. The lowest BCUT2D eigenvalue weighted by atomic mass is 9.83. The van der Waals surface area contributed by atoms with Gasteiger partial charge in [0, 0.05) is 10.0 Å². The van der Waals surface area contributed by atoms with Crippen LogP contribution in [0.2, 0.25) is 0 Å². The maximum Gasteiger partial charge on any atom is 0.271 e. The van der Waals surface area contributed by atoms with Gasteiger partial charge in [0.2, 0.25) is 0 Å². The van der Waals surface area contributed by atoms with E-state index in [9.17, 15) is 4.79 Å². The average Bonchev–Trinajstić information content (AvgIpc) is 3.30. The number of nitrogens with zero attached hydrogens (tertiary/aromatic N) is 2. The van der Waals surface area contributed by atoms with E-state index in [2.05, 4.69) is 52.3 Å². The molecule has 4 nitrogen and oxygen atoms in total. The highest BCUT2D eigenvalue weighted by Gasteiger charge is 2.32. The number of hydrogen-bond acceptors (Lipinski definition) is 4. The molecule has 1 aliphatic carbocycles. The number of allylic oxidation sites excluding steroid dienone is 1. The van der Waals surface area contributed by atoms with Gasteiger partial charge in [0.15, 0.2) is 4.80 Å². The molecule has 1 aliphatic heterocycles. The van der Waals surface area contributed by atoms with Gasteiger partial charge in [-0.2, -0.15) is 0 Å². The van der Waals surface area contributed by atoms with E-state index < -0.39 is 0 Å². The Kier molecular flexibility index (Phi) is 6.58. The molecule has 0 N–H and O–H groups in total. The molecule has 2 aliphatic rings. The predicted octanol–water partition coefficient (Wildman–Crippen LogP) is 6.66. The number of benzene rings is 4. The summed E-state index contributed by atoms with van der Waals surface area (Å²) in [4.78, 5) is 19.8. The Morgan fingerprint density at radius 2 is 1.65 bits per heavy atom. The van der Waals surface area contributed by atoms with Crippen LogP contribution in [-0.4, -0.2) is 4.57 Å². The molecular weight excluding hydrogens is 580 g/mol. The highest BCUT2D eigenvalue weighted by atomic mass is 79.9. The van der Waals surface area contributed by atoms with Gasteiger partial charge >= 0.3 is 0 Å². The van der Waals surface area contributed by atoms with E-state index in [0.717, 1.165) is 50.3 Å². The third-order valence-corrected chi connectivity index (χ3v) is 9.00. The Hall–Kier alpha value is -4.00. The molecule has 0 bridgehead atoms. The second-order valence-corrected chi connectivity index (χ2v) is 11.9. The van der Waals surface area contributed by atoms with Crippen molar-refractivity contribution in [2.75, 3.05) is 0 Å². The van der Waals surface area contributed by atoms with Crippen molar-refractivity contribution >= 4 is 39.0 Å². The fourth-order valence-corrected chi connectivity index (χ4v) is 6.79. The van der Waals surface area contributed by atoms with Crippen LogP contribution < -0.4 is 19.6 Å². The van der Waals surface area contributed by atoms with Crippen molar-refractivity contribution in [3.8, 4) is 5.75 Å².